The van der Waals surface area contributed by atoms with Crippen molar-refractivity contribution in [3.8, 4) is 0 Å². The van der Waals surface area contributed by atoms with E-state index in [2.05, 4.69) is 15.2 Å². The molecule has 1 unspecified atom stereocenters. The first-order chi connectivity index (χ1) is 11.1. The van der Waals surface area contributed by atoms with Crippen molar-refractivity contribution in [3.05, 3.63) is 34.6 Å². The van der Waals surface area contributed by atoms with Crippen molar-refractivity contribution in [2.24, 2.45) is 10.4 Å². The molecule has 1 spiro atoms. The fraction of sp³-hybridized carbons (Fsp3) is 0.588. The van der Waals surface area contributed by atoms with Crippen LogP contribution in [0.3, 0.4) is 0 Å². The summed E-state index contributed by atoms with van der Waals surface area (Å²) < 4.78 is 19.5. The van der Waals surface area contributed by atoms with Gasteiger partial charge in [0.15, 0.2) is 5.96 Å². The Kier molecular flexibility index (Phi) is 5.07. The minimum Gasteiger partial charge on any atom is -0.381 e. The van der Waals surface area contributed by atoms with Gasteiger partial charge in [0, 0.05) is 42.2 Å². The lowest BCUT2D eigenvalue weighted by molar-refractivity contribution is 0.156. The first-order valence-corrected chi connectivity index (χ1v) is 8.55. The first kappa shape index (κ1) is 16.5. The highest BCUT2D eigenvalue weighted by Gasteiger charge is 2.42. The van der Waals surface area contributed by atoms with Gasteiger partial charge in [0.25, 0.3) is 0 Å². The Bertz CT molecular complexity index is 567. The van der Waals surface area contributed by atoms with Gasteiger partial charge in [0.1, 0.15) is 5.82 Å². The van der Waals surface area contributed by atoms with E-state index in [1.807, 2.05) is 6.92 Å². The summed E-state index contributed by atoms with van der Waals surface area (Å²) in [6, 6.07) is 4.73. The highest BCUT2D eigenvalue weighted by atomic mass is 35.5. The molecule has 1 atom stereocenters. The molecule has 1 aromatic rings. The Morgan fingerprint density at radius 2 is 2.35 bits per heavy atom. The third kappa shape index (κ3) is 3.61. The van der Waals surface area contributed by atoms with Crippen molar-refractivity contribution in [3.63, 3.8) is 0 Å². The third-order valence-corrected chi connectivity index (χ3v) is 5.06. The maximum atomic E-state index is 13.9. The van der Waals surface area contributed by atoms with Crippen molar-refractivity contribution < 1.29 is 9.13 Å². The molecule has 3 rings (SSSR count). The van der Waals surface area contributed by atoms with Crippen molar-refractivity contribution in [2.75, 3.05) is 32.8 Å². The van der Waals surface area contributed by atoms with Crippen LogP contribution in [0.2, 0.25) is 5.02 Å². The number of nitrogens with one attached hydrogen (secondary N) is 1. The minimum atomic E-state index is -0.306. The van der Waals surface area contributed by atoms with Gasteiger partial charge in [-0.15, -0.1) is 0 Å². The Morgan fingerprint density at radius 3 is 3.04 bits per heavy atom. The smallest absolute Gasteiger partial charge is 0.194 e. The molecule has 0 aliphatic carbocycles. The molecular weight excluding hydrogens is 317 g/mol. The lowest BCUT2D eigenvalue weighted by atomic mass is 9.87. The molecule has 2 heterocycles. The molecule has 2 aliphatic rings. The third-order valence-electron chi connectivity index (χ3n) is 4.71. The highest BCUT2D eigenvalue weighted by molar-refractivity contribution is 6.31. The summed E-state index contributed by atoms with van der Waals surface area (Å²) in [5, 5.41) is 3.73. The zero-order valence-corrected chi connectivity index (χ0v) is 14.2. The van der Waals surface area contributed by atoms with Crippen LogP contribution in [0.15, 0.2) is 23.2 Å². The Hall–Kier alpha value is -1.33. The molecule has 126 valence electrons. The number of hydrogen-bond acceptors (Lipinski definition) is 2. The van der Waals surface area contributed by atoms with E-state index < -0.39 is 0 Å². The van der Waals surface area contributed by atoms with Gasteiger partial charge in [0.2, 0.25) is 0 Å². The van der Waals surface area contributed by atoms with Crippen molar-refractivity contribution in [1.29, 1.82) is 0 Å². The molecule has 6 heteroatoms. The minimum absolute atomic E-state index is 0.244. The summed E-state index contributed by atoms with van der Waals surface area (Å²) in [4.78, 5) is 6.87. The van der Waals surface area contributed by atoms with Gasteiger partial charge in [-0.05, 0) is 31.9 Å². The van der Waals surface area contributed by atoms with E-state index >= 15 is 0 Å². The molecule has 0 saturated carbocycles. The number of rotatable bonds is 3. The van der Waals surface area contributed by atoms with Gasteiger partial charge < -0.3 is 15.0 Å². The highest BCUT2D eigenvalue weighted by Crippen LogP contribution is 2.38. The largest absolute Gasteiger partial charge is 0.381 e. The van der Waals surface area contributed by atoms with E-state index in [1.165, 1.54) is 6.07 Å². The normalized spacial score (nSPS) is 24.7. The molecule has 0 radical (unpaired) electrons. The van der Waals surface area contributed by atoms with Gasteiger partial charge in [0.05, 0.1) is 13.2 Å². The number of aliphatic imine (C=N–C) groups is 1. The average Bonchev–Trinajstić information content (AvgIpc) is 3.16. The van der Waals surface area contributed by atoms with Crippen molar-refractivity contribution in [2.45, 2.75) is 26.3 Å². The summed E-state index contributed by atoms with van der Waals surface area (Å²) in [6.07, 6.45) is 2.24. The first-order valence-electron chi connectivity index (χ1n) is 8.17. The van der Waals surface area contributed by atoms with Crippen LogP contribution in [0, 0.1) is 11.2 Å². The molecule has 2 fully saturated rings. The second kappa shape index (κ2) is 7.05. The van der Waals surface area contributed by atoms with Crippen molar-refractivity contribution >= 4 is 17.6 Å². The molecule has 2 saturated heterocycles. The second-order valence-electron chi connectivity index (χ2n) is 6.34. The molecule has 1 aromatic carbocycles. The topological polar surface area (TPSA) is 36.9 Å². The second-order valence-corrected chi connectivity index (χ2v) is 6.75. The number of guanidine groups is 1. The predicted octanol–water partition coefficient (Wildman–Crippen LogP) is 3.06. The quantitative estimate of drug-likeness (QED) is 0.679. The van der Waals surface area contributed by atoms with Gasteiger partial charge in [-0.3, -0.25) is 0 Å². The monoisotopic (exact) mass is 339 g/mol. The van der Waals surface area contributed by atoms with E-state index in [-0.39, 0.29) is 17.8 Å². The molecular formula is C17H23ClFN3O. The van der Waals surface area contributed by atoms with Crippen LogP contribution in [-0.4, -0.2) is 43.7 Å². The maximum Gasteiger partial charge on any atom is 0.194 e. The van der Waals surface area contributed by atoms with Crippen molar-refractivity contribution in [1.82, 2.24) is 10.2 Å². The molecule has 0 bridgehead atoms. The number of likely N-dealkylation sites (tertiary alicyclic amines) is 1. The zero-order chi connectivity index (χ0) is 16.3. The lowest BCUT2D eigenvalue weighted by Gasteiger charge is -2.25. The van der Waals surface area contributed by atoms with Crippen LogP contribution in [0.5, 0.6) is 0 Å². The van der Waals surface area contributed by atoms with Gasteiger partial charge in [-0.1, -0.05) is 17.7 Å². The summed E-state index contributed by atoms with van der Waals surface area (Å²) in [5.74, 6) is 0.523. The van der Waals surface area contributed by atoms with Crippen LogP contribution in [0.1, 0.15) is 25.3 Å². The number of ether oxygens (including phenoxy) is 1. The van der Waals surface area contributed by atoms with Crippen LogP contribution < -0.4 is 5.32 Å². The van der Waals surface area contributed by atoms with Gasteiger partial charge in [-0.2, -0.15) is 0 Å². The van der Waals surface area contributed by atoms with Crippen LogP contribution in [0.4, 0.5) is 4.39 Å². The summed E-state index contributed by atoms with van der Waals surface area (Å²) in [6.45, 7) is 6.66. The number of benzene rings is 1. The van der Waals surface area contributed by atoms with Crippen LogP contribution >= 0.6 is 11.6 Å². The molecule has 1 N–H and O–H groups in total. The average molecular weight is 340 g/mol. The molecule has 23 heavy (non-hydrogen) atoms. The zero-order valence-electron chi connectivity index (χ0n) is 13.4. The van der Waals surface area contributed by atoms with Crippen LogP contribution in [-0.2, 0) is 11.3 Å². The Labute approximate surface area is 141 Å². The SMILES string of the molecule is CCNC(=NCc1c(F)cccc1Cl)N1CCC2(CCOC2)C1. The lowest BCUT2D eigenvalue weighted by Crippen LogP contribution is -2.41. The van der Waals surface area contributed by atoms with Crippen LogP contribution in [0.25, 0.3) is 0 Å². The van der Waals surface area contributed by atoms with Gasteiger partial charge >= 0.3 is 0 Å². The summed E-state index contributed by atoms with van der Waals surface area (Å²) in [5.41, 5.74) is 0.717. The Morgan fingerprint density at radius 1 is 1.48 bits per heavy atom. The fourth-order valence-corrected chi connectivity index (χ4v) is 3.57. The van der Waals surface area contributed by atoms with E-state index in [4.69, 9.17) is 16.3 Å². The predicted molar refractivity (Wildman–Crippen MR) is 90.3 cm³/mol. The fourth-order valence-electron chi connectivity index (χ4n) is 3.35. The number of nitrogens with zero attached hydrogens (tertiary/aromatic N) is 2. The number of hydrogen-bond donors (Lipinski definition) is 1. The van der Waals surface area contributed by atoms with Gasteiger partial charge in [-0.25, -0.2) is 9.38 Å². The molecule has 0 amide bonds. The number of halogens is 2. The van der Waals surface area contributed by atoms with E-state index in [9.17, 15) is 4.39 Å². The standard InChI is InChI=1S/C17H23ClFN3O/c1-2-20-16(21-10-13-14(18)4-3-5-15(13)19)22-8-6-17(11-22)7-9-23-12-17/h3-5H,2,6-12H2,1H3,(H,20,21). The van der Waals surface area contributed by atoms with E-state index in [0.29, 0.717) is 10.6 Å². The van der Waals surface area contributed by atoms with E-state index in [0.717, 1.165) is 51.6 Å². The summed E-state index contributed by atoms with van der Waals surface area (Å²) >= 11 is 6.09. The molecule has 0 aromatic heterocycles. The molecule has 2 aliphatic heterocycles. The summed E-state index contributed by atoms with van der Waals surface area (Å²) in [7, 11) is 0. The Balaban J connectivity index is 1.74. The van der Waals surface area contributed by atoms with E-state index in [1.54, 1.807) is 12.1 Å². The maximum absolute atomic E-state index is 13.9. The molecule has 4 nitrogen and oxygen atoms in total.